The average molecular weight is 433 g/mol. The van der Waals surface area contributed by atoms with Gasteiger partial charge in [-0.15, -0.1) is 5.10 Å². The van der Waals surface area contributed by atoms with Crippen LogP contribution in [-0.2, 0) is 32.0 Å². The number of ether oxygens (including phenoxy) is 2. The van der Waals surface area contributed by atoms with E-state index in [2.05, 4.69) is 16.9 Å². The van der Waals surface area contributed by atoms with Crippen molar-refractivity contribution in [2.45, 2.75) is 51.9 Å². The number of aromatic nitrogens is 3. The molecule has 0 unspecified atom stereocenters. The number of hydrogen-bond acceptors (Lipinski definition) is 6. The summed E-state index contributed by atoms with van der Waals surface area (Å²) < 4.78 is 39.2. The molecule has 1 aromatic carbocycles. The molecule has 9 heteroatoms. The Labute approximate surface area is 179 Å². The lowest BCUT2D eigenvalue weighted by atomic mass is 9.70. The molecule has 0 spiro atoms. The number of benzene rings is 1. The molecule has 0 amide bonds. The second kappa shape index (κ2) is 9.05. The van der Waals surface area contributed by atoms with Crippen molar-refractivity contribution >= 4 is 11.8 Å². The number of carbonyl (C=O) groups is 2. The van der Waals surface area contributed by atoms with E-state index in [0.717, 1.165) is 6.07 Å². The van der Waals surface area contributed by atoms with Crippen molar-refractivity contribution in [1.82, 2.24) is 15.0 Å². The molecule has 166 valence electrons. The van der Waals surface area contributed by atoms with E-state index in [1.807, 2.05) is 0 Å². The van der Waals surface area contributed by atoms with Crippen LogP contribution in [0.4, 0.5) is 8.78 Å². The molecule has 0 aliphatic carbocycles. The Balaban J connectivity index is 1.70. The minimum Gasteiger partial charge on any atom is -0.469 e. The number of methoxy groups -OCH3 is 1. The average Bonchev–Trinajstić information content (AvgIpc) is 3.18. The van der Waals surface area contributed by atoms with Gasteiger partial charge in [-0.25, -0.2) is 13.5 Å². The van der Waals surface area contributed by atoms with Crippen LogP contribution in [0.15, 0.2) is 36.5 Å². The number of esters is 1. The summed E-state index contributed by atoms with van der Waals surface area (Å²) in [6.45, 7) is 7.34. The van der Waals surface area contributed by atoms with Crippen LogP contribution in [0.2, 0.25) is 0 Å². The van der Waals surface area contributed by atoms with Crippen LogP contribution in [0.5, 0.6) is 0 Å². The summed E-state index contributed by atoms with van der Waals surface area (Å²) in [6, 6.07) is 3.37. The van der Waals surface area contributed by atoms with Gasteiger partial charge in [0.2, 0.25) is 0 Å². The number of hydrogen-bond donors (Lipinski definition) is 0. The molecule has 2 aromatic rings. The third-order valence-corrected chi connectivity index (χ3v) is 5.72. The van der Waals surface area contributed by atoms with E-state index in [1.54, 1.807) is 20.0 Å². The van der Waals surface area contributed by atoms with Crippen LogP contribution >= 0.6 is 0 Å². The van der Waals surface area contributed by atoms with E-state index < -0.39 is 35.2 Å². The third kappa shape index (κ3) is 4.87. The number of aryl methyl sites for hydroxylation is 1. The molecule has 1 saturated heterocycles. The van der Waals surface area contributed by atoms with Gasteiger partial charge in [0.15, 0.2) is 5.78 Å². The van der Waals surface area contributed by atoms with Crippen molar-refractivity contribution < 1.29 is 27.8 Å². The van der Waals surface area contributed by atoms with E-state index in [9.17, 15) is 18.4 Å². The predicted molar refractivity (Wildman–Crippen MR) is 107 cm³/mol. The molecule has 0 radical (unpaired) electrons. The second-order valence-corrected chi connectivity index (χ2v) is 7.97. The Morgan fingerprint density at radius 2 is 2.13 bits per heavy atom. The van der Waals surface area contributed by atoms with Gasteiger partial charge >= 0.3 is 5.97 Å². The first-order valence-electron chi connectivity index (χ1n) is 9.93. The first kappa shape index (κ1) is 22.7. The number of Topliss-reactive ketones (excluding diaryl/α,β-unsaturated/α-hetero) is 1. The lowest BCUT2D eigenvalue weighted by Gasteiger charge is -2.42. The maximum atomic E-state index is 13.9. The fraction of sp³-hybridized carbons (Fsp3) is 0.455. The fourth-order valence-corrected chi connectivity index (χ4v) is 3.76. The standard InChI is InChI=1S/C22H25F2N3O4/c1-13-14(2)31-19(22(3,21(13)29)10-20(28)30-4)8-7-17-12-27(26-25-17)11-15-5-6-16(23)9-18(15)24/h5-6,9,12,14,19H,1,7-8,10-11H2,2-4H3/t14-,19+,22-/m1/s1. The molecule has 2 heterocycles. The molecule has 31 heavy (non-hydrogen) atoms. The van der Waals surface area contributed by atoms with Crippen molar-refractivity contribution in [3.05, 3.63) is 59.4 Å². The first-order chi connectivity index (χ1) is 14.6. The number of carbonyl (C=O) groups excluding carboxylic acids is 2. The van der Waals surface area contributed by atoms with Gasteiger partial charge < -0.3 is 9.47 Å². The molecule has 1 fully saturated rings. The van der Waals surface area contributed by atoms with Gasteiger partial charge in [0.1, 0.15) is 11.6 Å². The van der Waals surface area contributed by atoms with Crippen molar-refractivity contribution in [2.24, 2.45) is 5.41 Å². The Bertz CT molecular complexity index is 1010. The molecule has 1 aromatic heterocycles. The highest BCUT2D eigenvalue weighted by Gasteiger charge is 2.49. The third-order valence-electron chi connectivity index (χ3n) is 5.72. The Morgan fingerprint density at radius 3 is 2.81 bits per heavy atom. The molecule has 0 saturated carbocycles. The lowest BCUT2D eigenvalue weighted by Crippen LogP contribution is -2.51. The predicted octanol–water partition coefficient (Wildman–Crippen LogP) is 3.02. The van der Waals surface area contributed by atoms with Crippen molar-refractivity contribution in [2.75, 3.05) is 7.11 Å². The van der Waals surface area contributed by atoms with Crippen molar-refractivity contribution in [3.63, 3.8) is 0 Å². The van der Waals surface area contributed by atoms with Gasteiger partial charge in [-0.05, 0) is 32.8 Å². The number of nitrogens with zero attached hydrogens (tertiary/aromatic N) is 3. The summed E-state index contributed by atoms with van der Waals surface area (Å²) in [4.78, 5) is 24.8. The summed E-state index contributed by atoms with van der Waals surface area (Å²) in [5, 5.41) is 8.08. The van der Waals surface area contributed by atoms with Gasteiger partial charge in [0.05, 0.1) is 43.4 Å². The highest BCUT2D eigenvalue weighted by molar-refractivity contribution is 6.02. The zero-order chi connectivity index (χ0) is 22.8. The number of halogens is 2. The van der Waals surface area contributed by atoms with E-state index in [4.69, 9.17) is 9.47 Å². The Hall–Kier alpha value is -2.94. The molecular weight excluding hydrogens is 408 g/mol. The van der Waals surface area contributed by atoms with Crippen molar-refractivity contribution in [1.29, 1.82) is 0 Å². The summed E-state index contributed by atoms with van der Waals surface area (Å²) in [5.74, 6) is -2.01. The highest BCUT2D eigenvalue weighted by Crippen LogP contribution is 2.40. The van der Waals surface area contributed by atoms with Gasteiger partial charge in [-0.2, -0.15) is 0 Å². The van der Waals surface area contributed by atoms with Gasteiger partial charge in [-0.3, -0.25) is 9.59 Å². The minimum atomic E-state index is -1.09. The number of ketones is 1. The molecule has 7 nitrogen and oxygen atoms in total. The normalized spacial score (nSPS) is 23.8. The summed E-state index contributed by atoms with van der Waals surface area (Å²) in [6.07, 6.45) is 1.39. The largest absolute Gasteiger partial charge is 0.469 e. The molecule has 3 rings (SSSR count). The first-order valence-corrected chi connectivity index (χ1v) is 9.93. The maximum absolute atomic E-state index is 13.9. The lowest BCUT2D eigenvalue weighted by molar-refractivity contribution is -0.161. The topological polar surface area (TPSA) is 83.3 Å². The van der Waals surface area contributed by atoms with Crippen LogP contribution in [0, 0.1) is 17.0 Å². The fourth-order valence-electron chi connectivity index (χ4n) is 3.76. The SMILES string of the molecule is C=C1C(=O)[C@](C)(CC(=O)OC)[C@H](CCc2cn(Cc3ccc(F)cc3F)nn2)O[C@@H]1C. The minimum absolute atomic E-state index is 0.106. The van der Waals surface area contributed by atoms with E-state index in [-0.39, 0.29) is 24.3 Å². The molecular formula is C22H25F2N3O4. The number of rotatable bonds is 7. The Kier molecular flexibility index (Phi) is 6.64. The summed E-state index contributed by atoms with van der Waals surface area (Å²) in [5.41, 5.74) is 0.146. The van der Waals surface area contributed by atoms with Crippen LogP contribution in [-0.4, -0.2) is 46.1 Å². The Morgan fingerprint density at radius 1 is 1.39 bits per heavy atom. The van der Waals surface area contributed by atoms with Gasteiger partial charge in [-0.1, -0.05) is 17.9 Å². The van der Waals surface area contributed by atoms with Crippen LogP contribution < -0.4 is 0 Å². The van der Waals surface area contributed by atoms with E-state index in [0.29, 0.717) is 24.1 Å². The molecule has 3 atom stereocenters. The van der Waals surface area contributed by atoms with Crippen LogP contribution in [0.25, 0.3) is 0 Å². The van der Waals surface area contributed by atoms with Gasteiger partial charge in [0.25, 0.3) is 0 Å². The van der Waals surface area contributed by atoms with Crippen LogP contribution in [0.3, 0.4) is 0 Å². The maximum Gasteiger partial charge on any atom is 0.306 e. The summed E-state index contributed by atoms with van der Waals surface area (Å²) in [7, 11) is 1.27. The van der Waals surface area contributed by atoms with Crippen LogP contribution in [0.1, 0.15) is 37.9 Å². The van der Waals surface area contributed by atoms with E-state index >= 15 is 0 Å². The zero-order valence-electron chi connectivity index (χ0n) is 17.7. The molecule has 0 N–H and O–H groups in total. The van der Waals surface area contributed by atoms with Crippen molar-refractivity contribution in [3.8, 4) is 0 Å². The monoisotopic (exact) mass is 433 g/mol. The van der Waals surface area contributed by atoms with E-state index in [1.165, 1.54) is 23.9 Å². The second-order valence-electron chi connectivity index (χ2n) is 7.97. The molecule has 0 bridgehead atoms. The zero-order valence-corrected chi connectivity index (χ0v) is 17.7. The molecule has 1 aliphatic heterocycles. The quantitative estimate of drug-likeness (QED) is 0.493. The summed E-state index contributed by atoms with van der Waals surface area (Å²) >= 11 is 0. The van der Waals surface area contributed by atoms with Gasteiger partial charge in [0, 0.05) is 23.4 Å². The smallest absolute Gasteiger partial charge is 0.306 e. The molecule has 1 aliphatic rings. The highest BCUT2D eigenvalue weighted by atomic mass is 19.1.